The molecule has 0 spiro atoms. The summed E-state index contributed by atoms with van der Waals surface area (Å²) in [6.45, 7) is 8.83. The summed E-state index contributed by atoms with van der Waals surface area (Å²) < 4.78 is 19.7. The Hall–Kier alpha value is -2.35. The lowest BCUT2D eigenvalue weighted by atomic mass is 9.97. The topological polar surface area (TPSA) is 65.1 Å². The highest BCUT2D eigenvalue weighted by Crippen LogP contribution is 2.25. The first kappa shape index (κ1) is 22.3. The van der Waals surface area contributed by atoms with Crippen LogP contribution in [0.5, 0.6) is 0 Å². The van der Waals surface area contributed by atoms with E-state index in [-0.39, 0.29) is 23.6 Å². The number of carbonyl (C=O) groups is 2. The molecule has 0 saturated carbocycles. The molecule has 0 aliphatic carbocycles. The van der Waals surface area contributed by atoms with Crippen molar-refractivity contribution in [2.45, 2.75) is 51.3 Å². The molecule has 2 aliphatic rings. The lowest BCUT2D eigenvalue weighted by molar-refractivity contribution is 0.00749. The van der Waals surface area contributed by atoms with Crippen LogP contribution in [0.1, 0.15) is 44.0 Å². The Labute approximate surface area is 178 Å². The van der Waals surface area contributed by atoms with Crippen LogP contribution < -0.4 is 5.32 Å². The van der Waals surface area contributed by atoms with E-state index in [9.17, 15) is 14.0 Å². The molecule has 0 unspecified atom stereocenters. The second-order valence-electron chi connectivity index (χ2n) is 9.39. The van der Waals surface area contributed by atoms with E-state index in [0.717, 1.165) is 25.9 Å². The number of rotatable bonds is 4. The van der Waals surface area contributed by atoms with Crippen LogP contribution in [0.15, 0.2) is 18.2 Å². The van der Waals surface area contributed by atoms with Gasteiger partial charge in [-0.05, 0) is 51.8 Å². The van der Waals surface area contributed by atoms with E-state index in [4.69, 9.17) is 4.74 Å². The molecular formula is C22H33FN4O3. The zero-order valence-electron chi connectivity index (χ0n) is 18.6. The van der Waals surface area contributed by atoms with Crippen LogP contribution >= 0.6 is 0 Å². The van der Waals surface area contributed by atoms with Crippen LogP contribution in [0.2, 0.25) is 0 Å². The van der Waals surface area contributed by atoms with Gasteiger partial charge >= 0.3 is 6.09 Å². The number of halogens is 1. The summed E-state index contributed by atoms with van der Waals surface area (Å²) in [5.41, 5.74) is 0.298. The van der Waals surface area contributed by atoms with Crippen LogP contribution in [-0.4, -0.2) is 84.7 Å². The minimum Gasteiger partial charge on any atom is -0.444 e. The molecule has 0 bridgehead atoms. The number of amides is 2. The molecule has 8 heteroatoms. The normalized spacial score (nSPS) is 18.7. The number of nitrogens with one attached hydrogen (secondary N) is 1. The summed E-state index contributed by atoms with van der Waals surface area (Å²) in [6, 6.07) is 5.38. The van der Waals surface area contributed by atoms with E-state index in [1.165, 1.54) is 17.0 Å². The number of benzene rings is 1. The molecule has 0 aromatic heterocycles. The van der Waals surface area contributed by atoms with Gasteiger partial charge in [-0.15, -0.1) is 0 Å². The van der Waals surface area contributed by atoms with Crippen LogP contribution in [0, 0.1) is 5.82 Å². The fraction of sp³-hybridized carbons (Fsp3) is 0.636. The molecule has 0 atom stereocenters. The minimum atomic E-state index is -0.510. The number of hydrogen-bond acceptors (Lipinski definition) is 5. The fourth-order valence-electron chi connectivity index (χ4n) is 3.90. The Bertz CT molecular complexity index is 779. The number of likely N-dealkylation sites (tertiary alicyclic amines) is 2. The molecule has 2 fully saturated rings. The van der Waals surface area contributed by atoms with Crippen molar-refractivity contribution in [2.75, 3.05) is 45.6 Å². The smallest absolute Gasteiger partial charge is 0.410 e. The highest BCUT2D eigenvalue weighted by molar-refractivity contribution is 5.94. The Kier molecular flexibility index (Phi) is 6.55. The molecule has 1 N–H and O–H groups in total. The number of carbonyl (C=O) groups excluding carboxylic acids is 2. The second-order valence-corrected chi connectivity index (χ2v) is 9.39. The van der Waals surface area contributed by atoms with Gasteiger partial charge in [-0.25, -0.2) is 9.18 Å². The zero-order valence-corrected chi connectivity index (χ0v) is 18.6. The van der Waals surface area contributed by atoms with Crippen molar-refractivity contribution < 1.29 is 18.7 Å². The molecule has 3 rings (SSSR count). The van der Waals surface area contributed by atoms with Crippen molar-refractivity contribution in [3.63, 3.8) is 0 Å². The van der Waals surface area contributed by atoms with Crippen LogP contribution in [0.4, 0.5) is 14.9 Å². The monoisotopic (exact) mass is 420 g/mol. The van der Waals surface area contributed by atoms with Crippen molar-refractivity contribution in [1.82, 2.24) is 14.7 Å². The maximum atomic E-state index is 14.3. The van der Waals surface area contributed by atoms with Gasteiger partial charge < -0.3 is 19.9 Å². The maximum absolute atomic E-state index is 14.3. The summed E-state index contributed by atoms with van der Waals surface area (Å²) >= 11 is 0. The predicted octanol–water partition coefficient (Wildman–Crippen LogP) is 3.02. The molecule has 1 aromatic rings. The molecule has 166 valence electrons. The van der Waals surface area contributed by atoms with Gasteiger partial charge in [-0.2, -0.15) is 0 Å². The largest absolute Gasteiger partial charge is 0.444 e. The van der Waals surface area contributed by atoms with Crippen molar-refractivity contribution >= 4 is 17.7 Å². The Morgan fingerprint density at radius 3 is 2.33 bits per heavy atom. The van der Waals surface area contributed by atoms with E-state index in [2.05, 4.69) is 10.2 Å². The van der Waals surface area contributed by atoms with E-state index in [1.807, 2.05) is 20.8 Å². The molecule has 30 heavy (non-hydrogen) atoms. The lowest BCUT2D eigenvalue weighted by Gasteiger charge is -2.47. The molecule has 0 radical (unpaired) electrons. The average Bonchev–Trinajstić information content (AvgIpc) is 2.62. The van der Waals surface area contributed by atoms with E-state index in [0.29, 0.717) is 24.8 Å². The van der Waals surface area contributed by atoms with Gasteiger partial charge in [0.2, 0.25) is 0 Å². The first-order valence-corrected chi connectivity index (χ1v) is 10.5. The number of piperidine rings is 1. The number of nitrogens with zero attached hydrogens (tertiary/aromatic N) is 3. The second kappa shape index (κ2) is 8.79. The average molecular weight is 421 g/mol. The van der Waals surface area contributed by atoms with Gasteiger partial charge in [0.15, 0.2) is 0 Å². The molecule has 2 heterocycles. The minimum absolute atomic E-state index is 0.0810. The summed E-state index contributed by atoms with van der Waals surface area (Å²) in [4.78, 5) is 29.7. The highest BCUT2D eigenvalue weighted by Gasteiger charge is 2.35. The fourth-order valence-corrected chi connectivity index (χ4v) is 3.90. The van der Waals surface area contributed by atoms with Crippen molar-refractivity contribution in [3.05, 3.63) is 29.6 Å². The van der Waals surface area contributed by atoms with Gasteiger partial charge in [0.05, 0.1) is 11.6 Å². The molecular weight excluding hydrogens is 387 g/mol. The van der Waals surface area contributed by atoms with Crippen LogP contribution in [0.25, 0.3) is 0 Å². The number of hydrogen-bond donors (Lipinski definition) is 1. The predicted molar refractivity (Wildman–Crippen MR) is 114 cm³/mol. The number of anilines is 1. The highest BCUT2D eigenvalue weighted by atomic mass is 19.1. The van der Waals surface area contributed by atoms with Gasteiger partial charge in [-0.1, -0.05) is 0 Å². The first-order valence-electron chi connectivity index (χ1n) is 10.5. The molecule has 2 aliphatic heterocycles. The molecule has 2 amide bonds. The lowest BCUT2D eigenvalue weighted by Crippen LogP contribution is -2.60. The standard InChI is InChI=1S/C22H33FN4O3/c1-22(2,3)30-21(29)26-10-8-17(9-11-26)27-13-16(14-27)24-15-6-7-18(19(23)12-15)20(28)25(4)5/h6-7,12,16-17,24H,8-11,13-14H2,1-5H3. The molecule has 7 nitrogen and oxygen atoms in total. The Morgan fingerprint density at radius 1 is 1.17 bits per heavy atom. The van der Waals surface area contributed by atoms with Crippen LogP contribution in [0.3, 0.4) is 0 Å². The van der Waals surface area contributed by atoms with E-state index < -0.39 is 11.4 Å². The first-order chi connectivity index (χ1) is 14.0. The summed E-state index contributed by atoms with van der Waals surface area (Å²) in [5.74, 6) is -0.851. The third-order valence-corrected chi connectivity index (χ3v) is 5.52. The number of ether oxygens (including phenoxy) is 1. The van der Waals surface area contributed by atoms with E-state index in [1.54, 1.807) is 25.1 Å². The third-order valence-electron chi connectivity index (χ3n) is 5.52. The molecule has 1 aromatic carbocycles. The van der Waals surface area contributed by atoms with Gasteiger partial charge in [0.25, 0.3) is 5.91 Å². The Balaban J connectivity index is 1.43. The van der Waals surface area contributed by atoms with Crippen molar-refractivity contribution in [3.8, 4) is 0 Å². The molecule has 2 saturated heterocycles. The maximum Gasteiger partial charge on any atom is 0.410 e. The zero-order chi connectivity index (χ0) is 22.1. The Morgan fingerprint density at radius 2 is 1.80 bits per heavy atom. The van der Waals surface area contributed by atoms with Gasteiger partial charge in [0, 0.05) is 52.0 Å². The van der Waals surface area contributed by atoms with Crippen LogP contribution in [-0.2, 0) is 4.74 Å². The third kappa shape index (κ3) is 5.41. The summed E-state index contributed by atoms with van der Waals surface area (Å²) in [7, 11) is 3.21. The SMILES string of the molecule is CN(C)C(=O)c1ccc(NC2CN(C3CCN(C(=O)OC(C)(C)C)CC3)C2)cc1F. The van der Waals surface area contributed by atoms with Crippen molar-refractivity contribution in [2.24, 2.45) is 0 Å². The van der Waals surface area contributed by atoms with Gasteiger partial charge in [0.1, 0.15) is 11.4 Å². The van der Waals surface area contributed by atoms with E-state index >= 15 is 0 Å². The summed E-state index contributed by atoms with van der Waals surface area (Å²) in [6.07, 6.45) is 1.63. The van der Waals surface area contributed by atoms with Crippen molar-refractivity contribution in [1.29, 1.82) is 0 Å². The summed E-state index contributed by atoms with van der Waals surface area (Å²) in [5, 5.41) is 3.35. The quantitative estimate of drug-likeness (QED) is 0.811. The van der Waals surface area contributed by atoms with Gasteiger partial charge in [-0.3, -0.25) is 9.69 Å².